The van der Waals surface area contributed by atoms with Gasteiger partial charge in [0.15, 0.2) is 11.6 Å². The molecule has 1 aromatic carbocycles. The zero-order valence-corrected chi connectivity index (χ0v) is 19.1. The molecule has 0 amide bonds. The number of hydrogen-bond acceptors (Lipinski definition) is 5. The Labute approximate surface area is 181 Å². The number of benzene rings is 1. The molecular formula is C23H32F2N2O2S. The van der Waals surface area contributed by atoms with Crippen molar-refractivity contribution in [3.05, 3.63) is 45.4 Å². The van der Waals surface area contributed by atoms with Crippen molar-refractivity contribution in [2.75, 3.05) is 26.2 Å². The number of nitrogens with zero attached hydrogens (tertiary/aromatic N) is 2. The van der Waals surface area contributed by atoms with Crippen LogP contribution in [0.15, 0.2) is 18.2 Å². The van der Waals surface area contributed by atoms with E-state index in [0.717, 1.165) is 53.8 Å². The second kappa shape index (κ2) is 9.28. The Morgan fingerprint density at radius 3 is 2.67 bits per heavy atom. The van der Waals surface area contributed by atoms with Gasteiger partial charge in [-0.25, -0.2) is 13.8 Å². The first-order valence-corrected chi connectivity index (χ1v) is 11.4. The molecule has 1 aliphatic heterocycles. The number of halogens is 2. The molecule has 0 saturated carbocycles. The third kappa shape index (κ3) is 5.99. The summed E-state index contributed by atoms with van der Waals surface area (Å²) < 4.78 is 31.9. The molecule has 0 spiro atoms. The molecule has 1 atom stereocenters. The fourth-order valence-corrected chi connectivity index (χ4v) is 5.09. The van der Waals surface area contributed by atoms with Gasteiger partial charge in [-0.15, -0.1) is 11.3 Å². The van der Waals surface area contributed by atoms with Gasteiger partial charge in [0.05, 0.1) is 12.3 Å². The van der Waals surface area contributed by atoms with Crippen LogP contribution in [0.3, 0.4) is 0 Å². The van der Waals surface area contributed by atoms with Gasteiger partial charge in [-0.2, -0.15) is 0 Å². The Hall–Kier alpha value is -1.57. The van der Waals surface area contributed by atoms with Gasteiger partial charge in [0.1, 0.15) is 16.4 Å². The summed E-state index contributed by atoms with van der Waals surface area (Å²) in [5.41, 5.74) is 0.246. The second-order valence-corrected chi connectivity index (χ2v) is 10.5. The molecule has 1 N–H and O–H groups in total. The molecule has 2 aromatic rings. The molecule has 0 aliphatic carbocycles. The largest absolute Gasteiger partial charge is 0.493 e. The van der Waals surface area contributed by atoms with Gasteiger partial charge in [0.2, 0.25) is 0 Å². The summed E-state index contributed by atoms with van der Waals surface area (Å²) in [5.74, 6) is -1.50. The van der Waals surface area contributed by atoms with E-state index in [1.807, 2.05) is 6.92 Å². The van der Waals surface area contributed by atoms with Crippen LogP contribution in [-0.2, 0) is 12.0 Å². The van der Waals surface area contributed by atoms with Crippen molar-refractivity contribution < 1.29 is 18.6 Å². The fourth-order valence-electron chi connectivity index (χ4n) is 3.91. The monoisotopic (exact) mass is 438 g/mol. The molecule has 1 saturated heterocycles. The van der Waals surface area contributed by atoms with Crippen molar-refractivity contribution in [2.45, 2.75) is 59.0 Å². The van der Waals surface area contributed by atoms with Crippen molar-refractivity contribution in [2.24, 2.45) is 5.41 Å². The number of thiazole rings is 1. The maximum absolute atomic E-state index is 13.3. The van der Waals surface area contributed by atoms with Crippen LogP contribution in [0.1, 0.15) is 55.6 Å². The van der Waals surface area contributed by atoms with E-state index in [9.17, 15) is 13.9 Å². The molecule has 1 aliphatic rings. The van der Waals surface area contributed by atoms with Gasteiger partial charge in [-0.05, 0) is 50.3 Å². The van der Waals surface area contributed by atoms with Crippen LogP contribution in [0.4, 0.5) is 8.78 Å². The zero-order valence-electron chi connectivity index (χ0n) is 18.3. The van der Waals surface area contributed by atoms with E-state index in [-0.39, 0.29) is 5.41 Å². The lowest BCUT2D eigenvalue weighted by atomic mass is 9.95. The standard InChI is InChI=1S/C23H32F2N2O2S/c1-16-20(8-13-29-17-6-7-18(24)19(25)14-17)30-21(26-16)23(28)9-5-11-27(12-10-23)15-22(2,3)4/h6-7,14,28H,5,8-13,15H2,1-4H3. The van der Waals surface area contributed by atoms with E-state index in [0.29, 0.717) is 31.6 Å². The van der Waals surface area contributed by atoms with Gasteiger partial charge in [0.25, 0.3) is 0 Å². The second-order valence-electron chi connectivity index (χ2n) is 9.42. The lowest BCUT2D eigenvalue weighted by Crippen LogP contribution is -2.34. The van der Waals surface area contributed by atoms with Gasteiger partial charge < -0.3 is 14.7 Å². The van der Waals surface area contributed by atoms with Crippen molar-refractivity contribution in [1.29, 1.82) is 0 Å². The predicted molar refractivity (Wildman–Crippen MR) is 116 cm³/mol. The Morgan fingerprint density at radius 2 is 1.97 bits per heavy atom. The third-order valence-electron chi connectivity index (χ3n) is 5.38. The molecule has 7 heteroatoms. The quantitative estimate of drug-likeness (QED) is 0.684. The molecule has 3 rings (SSSR count). The average molecular weight is 439 g/mol. The Morgan fingerprint density at radius 1 is 1.20 bits per heavy atom. The van der Waals surface area contributed by atoms with Crippen molar-refractivity contribution in [3.63, 3.8) is 0 Å². The van der Waals surface area contributed by atoms with Gasteiger partial charge in [-0.3, -0.25) is 0 Å². The molecule has 2 heterocycles. The predicted octanol–water partition coefficient (Wildman–Crippen LogP) is 5.07. The summed E-state index contributed by atoms with van der Waals surface area (Å²) >= 11 is 1.54. The molecular weight excluding hydrogens is 406 g/mol. The molecule has 0 bridgehead atoms. The van der Waals surface area contributed by atoms with Crippen molar-refractivity contribution >= 4 is 11.3 Å². The third-order valence-corrected chi connectivity index (χ3v) is 6.79. The summed E-state index contributed by atoms with van der Waals surface area (Å²) in [6.45, 7) is 11.9. The molecule has 1 aromatic heterocycles. The highest BCUT2D eigenvalue weighted by Crippen LogP contribution is 2.37. The summed E-state index contributed by atoms with van der Waals surface area (Å²) in [6, 6.07) is 3.53. The maximum atomic E-state index is 13.3. The van der Waals surface area contributed by atoms with E-state index in [2.05, 4.69) is 30.7 Å². The average Bonchev–Trinajstić information content (AvgIpc) is 2.92. The Kier molecular flexibility index (Phi) is 7.15. The highest BCUT2D eigenvalue weighted by atomic mass is 32.1. The minimum Gasteiger partial charge on any atom is -0.493 e. The summed E-state index contributed by atoms with van der Waals surface area (Å²) in [6.07, 6.45) is 2.95. The molecule has 1 unspecified atom stereocenters. The van der Waals surface area contributed by atoms with Crippen molar-refractivity contribution in [1.82, 2.24) is 9.88 Å². The molecule has 30 heavy (non-hydrogen) atoms. The lowest BCUT2D eigenvalue weighted by Gasteiger charge is -2.29. The van der Waals surface area contributed by atoms with E-state index in [1.54, 1.807) is 0 Å². The van der Waals surface area contributed by atoms with Gasteiger partial charge >= 0.3 is 0 Å². The van der Waals surface area contributed by atoms with E-state index >= 15 is 0 Å². The number of hydrogen-bond donors (Lipinski definition) is 1. The van der Waals surface area contributed by atoms with Crippen LogP contribution in [0.25, 0.3) is 0 Å². The van der Waals surface area contributed by atoms with E-state index < -0.39 is 17.2 Å². The van der Waals surface area contributed by atoms with Crippen LogP contribution in [0.2, 0.25) is 0 Å². The number of aromatic nitrogens is 1. The van der Waals surface area contributed by atoms with Gasteiger partial charge in [0, 0.05) is 30.5 Å². The first kappa shape index (κ1) is 23.1. The molecule has 4 nitrogen and oxygen atoms in total. The maximum Gasteiger partial charge on any atom is 0.162 e. The first-order chi connectivity index (χ1) is 14.1. The summed E-state index contributed by atoms with van der Waals surface area (Å²) in [4.78, 5) is 8.18. The van der Waals surface area contributed by atoms with Gasteiger partial charge in [-0.1, -0.05) is 20.8 Å². The van der Waals surface area contributed by atoms with Crippen LogP contribution in [0.5, 0.6) is 5.75 Å². The first-order valence-electron chi connectivity index (χ1n) is 10.6. The normalized spacial score (nSPS) is 20.9. The Balaban J connectivity index is 1.61. The number of aryl methyl sites for hydroxylation is 1. The fraction of sp³-hybridized carbons (Fsp3) is 0.609. The summed E-state index contributed by atoms with van der Waals surface area (Å²) in [5, 5.41) is 12.1. The molecule has 0 radical (unpaired) electrons. The zero-order chi connectivity index (χ0) is 21.9. The Bertz CT molecular complexity index is 865. The smallest absolute Gasteiger partial charge is 0.162 e. The van der Waals surface area contributed by atoms with Crippen LogP contribution in [-0.4, -0.2) is 41.2 Å². The molecule has 166 valence electrons. The number of ether oxygens (including phenoxy) is 1. The highest BCUT2D eigenvalue weighted by molar-refractivity contribution is 7.11. The minimum absolute atomic E-state index is 0.237. The topological polar surface area (TPSA) is 45.6 Å². The minimum atomic E-state index is -0.917. The SMILES string of the molecule is Cc1nc(C2(O)CCCN(CC(C)(C)C)CC2)sc1CCOc1ccc(F)c(F)c1. The van der Waals surface area contributed by atoms with Crippen LogP contribution < -0.4 is 4.74 Å². The number of rotatable bonds is 6. The van der Waals surface area contributed by atoms with Crippen molar-refractivity contribution in [3.8, 4) is 5.75 Å². The lowest BCUT2D eigenvalue weighted by molar-refractivity contribution is 0.0200. The highest BCUT2D eigenvalue weighted by Gasteiger charge is 2.36. The molecule has 1 fully saturated rings. The van der Waals surface area contributed by atoms with E-state index in [4.69, 9.17) is 4.74 Å². The number of aliphatic hydroxyl groups is 1. The summed E-state index contributed by atoms with van der Waals surface area (Å²) in [7, 11) is 0. The van der Waals surface area contributed by atoms with Crippen LogP contribution in [0, 0.1) is 24.0 Å². The van der Waals surface area contributed by atoms with Crippen LogP contribution >= 0.6 is 11.3 Å². The van der Waals surface area contributed by atoms with E-state index in [1.165, 1.54) is 17.4 Å². The number of likely N-dealkylation sites (tertiary alicyclic amines) is 1.